The molecule has 4 rings (SSSR count). The van der Waals surface area contributed by atoms with Crippen LogP contribution in [0.3, 0.4) is 0 Å². The van der Waals surface area contributed by atoms with Crippen molar-refractivity contribution in [2.24, 2.45) is 0 Å². The molecule has 4 nitrogen and oxygen atoms in total. The number of aromatic nitrogens is 1. The molecule has 0 radical (unpaired) electrons. The highest BCUT2D eigenvalue weighted by atomic mass is 35.5. The number of fused-ring (bicyclic) bond motifs is 1. The molecule has 160 valence electrons. The number of hydrogen-bond acceptors (Lipinski definition) is 3. The molecule has 0 bridgehead atoms. The first-order valence-electron chi connectivity index (χ1n) is 10.1. The minimum atomic E-state index is -3.80. The molecular weight excluding hydrogens is 430 g/mol. The highest BCUT2D eigenvalue weighted by molar-refractivity contribution is 7.90. The molecule has 31 heavy (non-hydrogen) atoms. The first-order valence-corrected chi connectivity index (χ1v) is 11.9. The molecule has 0 saturated heterocycles. The highest BCUT2D eigenvalue weighted by Crippen LogP contribution is 2.30. The van der Waals surface area contributed by atoms with E-state index < -0.39 is 10.0 Å². The van der Waals surface area contributed by atoms with E-state index >= 15 is 0 Å². The van der Waals surface area contributed by atoms with Crippen LogP contribution in [0.5, 0.6) is 5.75 Å². The highest BCUT2D eigenvalue weighted by Gasteiger charge is 2.23. The summed E-state index contributed by atoms with van der Waals surface area (Å²) in [5.74, 6) is 1.06. The number of rotatable bonds is 6. The Kier molecular flexibility index (Phi) is 5.82. The van der Waals surface area contributed by atoms with E-state index in [-0.39, 0.29) is 4.90 Å². The Morgan fingerprint density at radius 2 is 1.71 bits per heavy atom. The lowest BCUT2D eigenvalue weighted by molar-refractivity contribution is 0.414. The third kappa shape index (κ3) is 4.21. The molecule has 0 aliphatic heterocycles. The Bertz CT molecular complexity index is 1340. The van der Waals surface area contributed by atoms with Gasteiger partial charge >= 0.3 is 0 Å². The van der Waals surface area contributed by atoms with Crippen molar-refractivity contribution < 1.29 is 13.2 Å². The van der Waals surface area contributed by atoms with Crippen molar-refractivity contribution in [2.45, 2.75) is 31.1 Å². The molecule has 0 atom stereocenters. The van der Waals surface area contributed by atoms with Gasteiger partial charge < -0.3 is 4.74 Å². The topological polar surface area (TPSA) is 48.3 Å². The van der Waals surface area contributed by atoms with Crippen molar-refractivity contribution in [2.75, 3.05) is 7.11 Å². The maximum absolute atomic E-state index is 13.7. The van der Waals surface area contributed by atoms with E-state index in [1.54, 1.807) is 37.4 Å². The van der Waals surface area contributed by atoms with Gasteiger partial charge in [0.25, 0.3) is 10.0 Å². The lowest BCUT2D eigenvalue weighted by atomic mass is 10.0. The summed E-state index contributed by atoms with van der Waals surface area (Å²) in [6.45, 7) is 4.16. The van der Waals surface area contributed by atoms with E-state index in [9.17, 15) is 8.42 Å². The van der Waals surface area contributed by atoms with Crippen LogP contribution in [0, 0.1) is 0 Å². The number of benzene rings is 3. The predicted octanol–water partition coefficient (Wildman–Crippen LogP) is 6.25. The van der Waals surface area contributed by atoms with Crippen LogP contribution in [-0.4, -0.2) is 19.5 Å². The van der Waals surface area contributed by atoms with Crippen LogP contribution in [0.2, 0.25) is 5.02 Å². The van der Waals surface area contributed by atoms with Gasteiger partial charge in [0, 0.05) is 22.5 Å². The second-order valence-electron chi connectivity index (χ2n) is 7.86. The summed E-state index contributed by atoms with van der Waals surface area (Å²) in [6.07, 6.45) is 0.437. The molecule has 0 saturated carbocycles. The van der Waals surface area contributed by atoms with Crippen LogP contribution < -0.4 is 4.74 Å². The molecule has 0 spiro atoms. The van der Waals surface area contributed by atoms with Gasteiger partial charge in [-0.05, 0) is 65.6 Å². The molecule has 0 unspecified atom stereocenters. The third-order valence-electron chi connectivity index (χ3n) is 5.40. The van der Waals surface area contributed by atoms with Crippen molar-refractivity contribution >= 4 is 32.5 Å². The SMILES string of the molecule is COc1cccc(Cc2cc3cc(Cl)ccc3n2S(=O)(=O)c2ccc(C(C)C)cc2)c1. The minimum absolute atomic E-state index is 0.260. The van der Waals surface area contributed by atoms with E-state index in [0.717, 1.165) is 22.3 Å². The first-order chi connectivity index (χ1) is 14.8. The number of nitrogens with zero attached hydrogens (tertiary/aromatic N) is 1. The quantitative estimate of drug-likeness (QED) is 0.346. The Morgan fingerprint density at radius 1 is 0.968 bits per heavy atom. The van der Waals surface area contributed by atoms with Gasteiger partial charge in [-0.1, -0.05) is 49.7 Å². The van der Waals surface area contributed by atoms with Crippen LogP contribution >= 0.6 is 11.6 Å². The average molecular weight is 454 g/mol. The summed E-state index contributed by atoms with van der Waals surface area (Å²) in [6, 6.07) is 21.9. The van der Waals surface area contributed by atoms with E-state index in [4.69, 9.17) is 16.3 Å². The summed E-state index contributed by atoms with van der Waals surface area (Å²) in [5.41, 5.74) is 3.33. The zero-order valence-electron chi connectivity index (χ0n) is 17.7. The van der Waals surface area contributed by atoms with Crippen LogP contribution in [0.25, 0.3) is 10.9 Å². The smallest absolute Gasteiger partial charge is 0.268 e. The van der Waals surface area contributed by atoms with Crippen molar-refractivity contribution in [3.63, 3.8) is 0 Å². The Morgan fingerprint density at radius 3 is 2.39 bits per heavy atom. The van der Waals surface area contributed by atoms with Gasteiger partial charge in [-0.3, -0.25) is 0 Å². The Labute approximate surface area is 188 Å². The van der Waals surface area contributed by atoms with Crippen molar-refractivity contribution in [1.82, 2.24) is 3.97 Å². The summed E-state index contributed by atoms with van der Waals surface area (Å²) in [5, 5.41) is 1.35. The monoisotopic (exact) mass is 453 g/mol. The van der Waals surface area contributed by atoms with Gasteiger partial charge in [-0.25, -0.2) is 12.4 Å². The summed E-state index contributed by atoms with van der Waals surface area (Å²) >= 11 is 6.18. The maximum Gasteiger partial charge on any atom is 0.268 e. The lowest BCUT2D eigenvalue weighted by Gasteiger charge is -2.14. The molecule has 1 aromatic heterocycles. The molecule has 0 amide bonds. The Hall–Kier alpha value is -2.76. The minimum Gasteiger partial charge on any atom is -0.497 e. The molecule has 0 aliphatic rings. The molecule has 0 fully saturated rings. The number of hydrogen-bond donors (Lipinski definition) is 0. The van der Waals surface area contributed by atoms with Crippen molar-refractivity contribution in [3.05, 3.63) is 94.6 Å². The summed E-state index contributed by atoms with van der Waals surface area (Å²) in [4.78, 5) is 0.260. The molecule has 6 heteroatoms. The molecule has 3 aromatic carbocycles. The van der Waals surface area contributed by atoms with E-state index in [0.29, 0.717) is 28.6 Å². The number of methoxy groups -OCH3 is 1. The Balaban J connectivity index is 1.87. The second-order valence-corrected chi connectivity index (χ2v) is 10.1. The van der Waals surface area contributed by atoms with Gasteiger partial charge in [0.05, 0.1) is 17.5 Å². The third-order valence-corrected chi connectivity index (χ3v) is 7.41. The van der Waals surface area contributed by atoms with Crippen LogP contribution in [0.15, 0.2) is 77.7 Å². The van der Waals surface area contributed by atoms with Gasteiger partial charge in [-0.2, -0.15) is 0 Å². The fourth-order valence-electron chi connectivity index (χ4n) is 3.75. The standard InChI is InChI=1S/C25H24ClNO3S/c1-17(2)19-7-10-24(11-8-19)31(28,29)27-22(13-18-5-4-6-23(14-18)30-3)16-20-15-21(26)9-12-25(20)27/h4-12,14-17H,13H2,1-3H3. The van der Waals surface area contributed by atoms with E-state index in [1.165, 1.54) is 3.97 Å². The molecule has 0 N–H and O–H groups in total. The fraction of sp³-hybridized carbons (Fsp3) is 0.200. The van der Waals surface area contributed by atoms with Crippen LogP contribution in [-0.2, 0) is 16.4 Å². The number of halogens is 1. The van der Waals surface area contributed by atoms with Gasteiger partial charge in [-0.15, -0.1) is 0 Å². The predicted molar refractivity (Wildman–Crippen MR) is 126 cm³/mol. The number of ether oxygens (including phenoxy) is 1. The second kappa shape index (κ2) is 8.40. The fourth-order valence-corrected chi connectivity index (χ4v) is 5.47. The van der Waals surface area contributed by atoms with E-state index in [2.05, 4.69) is 13.8 Å². The van der Waals surface area contributed by atoms with Crippen LogP contribution in [0.1, 0.15) is 36.6 Å². The first kappa shape index (κ1) is 21.5. The average Bonchev–Trinajstić information content (AvgIpc) is 3.11. The summed E-state index contributed by atoms with van der Waals surface area (Å²) in [7, 11) is -2.19. The molecular formula is C25H24ClNO3S. The molecule has 1 heterocycles. The zero-order chi connectivity index (χ0) is 22.2. The van der Waals surface area contributed by atoms with E-state index in [1.807, 2.05) is 42.5 Å². The summed E-state index contributed by atoms with van der Waals surface area (Å²) < 4.78 is 34.2. The lowest BCUT2D eigenvalue weighted by Crippen LogP contribution is -2.16. The molecule has 4 aromatic rings. The maximum atomic E-state index is 13.7. The van der Waals surface area contributed by atoms with Gasteiger partial charge in [0.1, 0.15) is 5.75 Å². The van der Waals surface area contributed by atoms with Gasteiger partial charge in [0.2, 0.25) is 0 Å². The van der Waals surface area contributed by atoms with Gasteiger partial charge in [0.15, 0.2) is 0 Å². The van der Waals surface area contributed by atoms with Crippen LogP contribution in [0.4, 0.5) is 0 Å². The largest absolute Gasteiger partial charge is 0.497 e. The zero-order valence-corrected chi connectivity index (χ0v) is 19.2. The van der Waals surface area contributed by atoms with Crippen molar-refractivity contribution in [3.8, 4) is 5.75 Å². The van der Waals surface area contributed by atoms with Crippen molar-refractivity contribution in [1.29, 1.82) is 0 Å². The normalized spacial score (nSPS) is 11.9. The molecule has 0 aliphatic carbocycles.